The summed E-state index contributed by atoms with van der Waals surface area (Å²) in [7, 11) is 0. The van der Waals surface area contributed by atoms with E-state index in [0.717, 1.165) is 11.8 Å². The van der Waals surface area contributed by atoms with Crippen LogP contribution in [-0.4, -0.2) is 140 Å². The Bertz CT molecular complexity index is 1400. The zero-order valence-corrected chi connectivity index (χ0v) is 27.2. The maximum Gasteiger partial charge on any atom is 0.305 e. The minimum atomic E-state index is -1.81. The molecule has 2 aliphatic heterocycles. The number of aliphatic hydroxyl groups excluding tert-OH is 1. The van der Waals surface area contributed by atoms with Crippen LogP contribution < -0.4 is 26.6 Å². The number of nitrogens with one attached hydrogen (secondary N) is 5. The Morgan fingerprint density at radius 2 is 1.40 bits per heavy atom. The first-order valence-corrected chi connectivity index (χ1v) is 15.6. The van der Waals surface area contributed by atoms with Crippen molar-refractivity contribution in [1.29, 1.82) is 0 Å². The lowest BCUT2D eigenvalue weighted by Crippen LogP contribution is -2.58. The normalized spacial score (nSPS) is 26.9. The molecule has 7 atom stereocenters. The molecule has 50 heavy (non-hydrogen) atoms. The van der Waals surface area contributed by atoms with Gasteiger partial charge in [-0.15, -0.1) is 0 Å². The van der Waals surface area contributed by atoms with Gasteiger partial charge in [0.25, 0.3) is 11.8 Å². The summed E-state index contributed by atoms with van der Waals surface area (Å²) in [5.74, 6) is -11.4. The molecule has 1 fully saturated rings. The number of carboxylic acid groups (broad SMARTS) is 3. The average molecular weight is 712 g/mol. The third kappa shape index (κ3) is 12.9. The maximum absolute atomic E-state index is 13.5. The summed E-state index contributed by atoms with van der Waals surface area (Å²) in [6.45, 7) is 2.42. The lowest BCUT2D eigenvalue weighted by atomic mass is 10.1. The van der Waals surface area contributed by atoms with Crippen LogP contribution in [0.2, 0.25) is 0 Å². The molecule has 21 heteroatoms. The molecule has 0 radical (unpaired) electrons. The number of carbonyl (C=O) groups excluding carboxylic acids is 7. The Morgan fingerprint density at radius 1 is 0.820 bits per heavy atom. The van der Waals surface area contributed by atoms with Gasteiger partial charge in [-0.25, -0.2) is 4.99 Å². The fourth-order valence-corrected chi connectivity index (χ4v) is 5.20. The Kier molecular flexibility index (Phi) is 15.4. The highest BCUT2D eigenvalue weighted by molar-refractivity contribution is 6.28. The maximum atomic E-state index is 13.5. The first-order valence-electron chi connectivity index (χ1n) is 15.6. The second kappa shape index (κ2) is 18.9. The molecular formula is C29H41N7O14. The van der Waals surface area contributed by atoms with Gasteiger partial charge < -0.3 is 51.9 Å². The number of nitrogens with zero attached hydrogens (tertiary/aromatic N) is 2. The molecule has 2 heterocycles. The van der Waals surface area contributed by atoms with Crippen LogP contribution in [0.5, 0.6) is 0 Å². The van der Waals surface area contributed by atoms with E-state index in [1.165, 1.54) is 6.92 Å². The number of hydrogen-bond acceptors (Lipinski definition) is 11. The zero-order valence-electron chi connectivity index (χ0n) is 27.2. The van der Waals surface area contributed by atoms with Gasteiger partial charge >= 0.3 is 17.9 Å². The lowest BCUT2D eigenvalue weighted by Gasteiger charge is -2.30. The van der Waals surface area contributed by atoms with Gasteiger partial charge in [0.15, 0.2) is 0 Å². The Labute approximate surface area is 284 Å². The topological polar surface area (TPSA) is 327 Å². The van der Waals surface area contributed by atoms with Crippen LogP contribution in [0.4, 0.5) is 0 Å². The molecule has 7 amide bonds. The predicted octanol–water partition coefficient (Wildman–Crippen LogP) is -3.99. The van der Waals surface area contributed by atoms with Crippen molar-refractivity contribution in [3.63, 3.8) is 0 Å². The Morgan fingerprint density at radius 3 is 1.96 bits per heavy atom. The number of amides is 7. The van der Waals surface area contributed by atoms with Gasteiger partial charge in [-0.2, -0.15) is 0 Å². The highest BCUT2D eigenvalue weighted by Gasteiger charge is 2.40. The predicted molar refractivity (Wildman–Crippen MR) is 166 cm³/mol. The van der Waals surface area contributed by atoms with Crippen molar-refractivity contribution < 1.29 is 68.4 Å². The van der Waals surface area contributed by atoms with Gasteiger partial charge in [0.1, 0.15) is 30.2 Å². The van der Waals surface area contributed by atoms with E-state index < -0.39 is 140 Å². The van der Waals surface area contributed by atoms with Gasteiger partial charge in [0.2, 0.25) is 29.5 Å². The van der Waals surface area contributed by atoms with Gasteiger partial charge in [0.05, 0.1) is 18.7 Å². The third-order valence-corrected chi connectivity index (χ3v) is 7.65. The molecule has 0 aromatic heterocycles. The van der Waals surface area contributed by atoms with E-state index in [1.54, 1.807) is 0 Å². The number of fused-ring (bicyclic) bond motifs is 1. The number of carbonyl (C=O) groups is 10. The van der Waals surface area contributed by atoms with Crippen LogP contribution in [0, 0.1) is 0 Å². The molecule has 0 aromatic rings. The summed E-state index contributed by atoms with van der Waals surface area (Å²) in [5, 5.41) is 49.3. The molecule has 1 saturated heterocycles. The van der Waals surface area contributed by atoms with E-state index in [9.17, 15) is 63.3 Å². The first-order chi connectivity index (χ1) is 23.4. The molecule has 0 saturated carbocycles. The molecule has 276 valence electrons. The molecule has 0 bridgehead atoms. The summed E-state index contributed by atoms with van der Waals surface area (Å²) < 4.78 is 0. The van der Waals surface area contributed by atoms with E-state index in [2.05, 4.69) is 31.6 Å². The summed E-state index contributed by atoms with van der Waals surface area (Å²) >= 11 is 0. The molecule has 0 spiro atoms. The van der Waals surface area contributed by atoms with Gasteiger partial charge in [-0.05, 0) is 39.5 Å². The van der Waals surface area contributed by atoms with Crippen molar-refractivity contribution in [3.8, 4) is 0 Å². The summed E-state index contributed by atoms with van der Waals surface area (Å²) in [6.07, 6.45) is -4.45. The van der Waals surface area contributed by atoms with Gasteiger partial charge in [-0.3, -0.25) is 47.9 Å². The minimum Gasteiger partial charge on any atom is -0.481 e. The Hall–Kier alpha value is -5.47. The number of aliphatic imine (C=N–C) groups is 1. The van der Waals surface area contributed by atoms with E-state index in [-0.39, 0.29) is 19.4 Å². The third-order valence-electron chi connectivity index (χ3n) is 7.65. The fraction of sp³-hybridized carbons (Fsp3) is 0.621. The van der Waals surface area contributed by atoms with Crippen molar-refractivity contribution in [3.05, 3.63) is 0 Å². The zero-order chi connectivity index (χ0) is 37.7. The highest BCUT2D eigenvalue weighted by Crippen LogP contribution is 2.20. The van der Waals surface area contributed by atoms with E-state index in [0.29, 0.717) is 6.21 Å². The van der Waals surface area contributed by atoms with Gasteiger partial charge in [0, 0.05) is 31.8 Å². The van der Waals surface area contributed by atoms with Crippen molar-refractivity contribution in [2.75, 3.05) is 6.54 Å². The van der Waals surface area contributed by atoms with Crippen LogP contribution in [0.3, 0.4) is 0 Å². The lowest BCUT2D eigenvalue weighted by molar-refractivity contribution is -0.146. The van der Waals surface area contributed by atoms with Crippen molar-refractivity contribution in [2.45, 2.75) is 108 Å². The summed E-state index contributed by atoms with van der Waals surface area (Å²) in [5.41, 5.74) is 0. The monoisotopic (exact) mass is 711 g/mol. The molecule has 0 aliphatic carbocycles. The molecule has 21 nitrogen and oxygen atoms in total. The second-order valence-corrected chi connectivity index (χ2v) is 11.8. The molecule has 0 aromatic carbocycles. The quantitative estimate of drug-likeness (QED) is 0.110. The first kappa shape index (κ1) is 40.7. The van der Waals surface area contributed by atoms with E-state index >= 15 is 0 Å². The van der Waals surface area contributed by atoms with Crippen molar-refractivity contribution in [1.82, 2.24) is 31.5 Å². The number of aliphatic carboxylic acids is 3. The van der Waals surface area contributed by atoms with Crippen LogP contribution in [0.25, 0.3) is 0 Å². The second-order valence-electron chi connectivity index (χ2n) is 11.8. The number of aliphatic hydroxyl groups is 1. The summed E-state index contributed by atoms with van der Waals surface area (Å²) in [4.78, 5) is 130. The molecule has 2 aliphatic rings. The molecule has 9 N–H and O–H groups in total. The number of carboxylic acids is 3. The minimum absolute atomic E-state index is 0.0403. The van der Waals surface area contributed by atoms with Crippen molar-refractivity contribution >= 4 is 65.5 Å². The van der Waals surface area contributed by atoms with Gasteiger partial charge in [-0.1, -0.05) is 0 Å². The Balaban J connectivity index is 2.54. The van der Waals surface area contributed by atoms with Crippen molar-refractivity contribution in [2.24, 2.45) is 4.99 Å². The van der Waals surface area contributed by atoms with Crippen LogP contribution in [0.1, 0.15) is 65.2 Å². The molecule has 2 rings (SSSR count). The van der Waals surface area contributed by atoms with Crippen LogP contribution in [-0.2, 0) is 47.9 Å². The standard InChI is InChI=1S/C29H41N7O14/c1-13-10-19(38)33-17(11-23(44)45)29(50)36-9-3-4-18(36)27(48)34-16(6-8-22(42)43)26(47)35-24(14(2)37)28(49)30-12-20(39)32-15(25(46)31-13)5-7-21(40)41/h12-18,24,37H,3-11H2,1-2H3,(H,31,46)(H,32,39)(H,33,38)(H,34,48)(H,35,47)(H,40,41)(H,42,43)(H,44,45)/t13-,14+,15-,16-,17-,18-,24-/m0/s1. The smallest absolute Gasteiger partial charge is 0.305 e. The largest absolute Gasteiger partial charge is 0.481 e. The average Bonchev–Trinajstić information content (AvgIpc) is 3.50. The number of hydrogen-bond donors (Lipinski definition) is 9. The highest BCUT2D eigenvalue weighted by atomic mass is 16.4. The van der Waals surface area contributed by atoms with Crippen LogP contribution >= 0.6 is 0 Å². The summed E-state index contributed by atoms with van der Waals surface area (Å²) in [6, 6.07) is -8.89. The van der Waals surface area contributed by atoms with E-state index in [4.69, 9.17) is 5.11 Å². The van der Waals surface area contributed by atoms with Crippen LogP contribution in [0.15, 0.2) is 4.99 Å². The fourth-order valence-electron chi connectivity index (χ4n) is 5.20. The molecule has 0 unspecified atom stereocenters. The number of rotatable bonds is 9. The molecular weight excluding hydrogens is 670 g/mol. The van der Waals surface area contributed by atoms with E-state index in [1.807, 2.05) is 0 Å². The SMILES string of the molecule is C[C@H]1CC(=O)N[C@@H](CC(=O)O)C(=O)N2CCC[C@H]2C(=O)N[C@@H](CCC(=O)O)C(=O)N[C@@H]([C@@H](C)O)C(=O)N=CC(=O)N[C@@H](CCC(=O)O)C(=O)N1.